The summed E-state index contributed by atoms with van der Waals surface area (Å²) in [6.45, 7) is 1.02. The molecule has 10 heteroatoms. The van der Waals surface area contributed by atoms with E-state index in [2.05, 4.69) is 10.3 Å². The highest BCUT2D eigenvalue weighted by atomic mass is 35.5. The highest BCUT2D eigenvalue weighted by molar-refractivity contribution is 6.42. The normalized spacial score (nSPS) is 19.1. The molecule has 3 rings (SSSR count). The van der Waals surface area contributed by atoms with E-state index in [1.165, 1.54) is 12.0 Å². The van der Waals surface area contributed by atoms with E-state index in [-0.39, 0.29) is 31.2 Å². The Balaban J connectivity index is 1.87. The number of carboxylic acid groups (broad SMARTS) is 1. The van der Waals surface area contributed by atoms with Gasteiger partial charge in [0.25, 0.3) is 0 Å². The van der Waals surface area contributed by atoms with Crippen LogP contribution in [-0.2, 0) is 9.47 Å². The number of pyridine rings is 1. The zero-order valence-electron chi connectivity index (χ0n) is 16.2. The van der Waals surface area contributed by atoms with E-state index in [4.69, 9.17) is 32.7 Å². The van der Waals surface area contributed by atoms with Crippen LogP contribution in [-0.4, -0.2) is 60.4 Å². The number of hydrogen-bond acceptors (Lipinski definition) is 6. The van der Waals surface area contributed by atoms with E-state index in [9.17, 15) is 14.7 Å². The van der Waals surface area contributed by atoms with E-state index < -0.39 is 18.2 Å². The third-order valence-corrected chi connectivity index (χ3v) is 5.57. The first-order valence-corrected chi connectivity index (χ1v) is 9.98. The van der Waals surface area contributed by atoms with Crippen LogP contribution in [0.15, 0.2) is 36.5 Å². The number of benzene rings is 1. The van der Waals surface area contributed by atoms with Crippen LogP contribution in [0.4, 0.5) is 10.6 Å². The minimum absolute atomic E-state index is 0.230. The standard InChI is InChI=1S/C20H21Cl2N3O5/c1-29-19(26)14-3-2-6-23-18(14)24-10-13-11-25(20(27)28)7-8-30-17(13)12-4-5-15(21)16(22)9-12/h2-6,9,13,17H,7-8,10-11H2,1H3,(H,23,24)(H,27,28)/t13-,17+/m1/s1. The van der Waals surface area contributed by atoms with Crippen molar-refractivity contribution in [3.05, 3.63) is 57.7 Å². The summed E-state index contributed by atoms with van der Waals surface area (Å²) < 4.78 is 10.8. The number of rotatable bonds is 5. The summed E-state index contributed by atoms with van der Waals surface area (Å²) in [5.41, 5.74) is 1.08. The van der Waals surface area contributed by atoms with Crippen molar-refractivity contribution in [1.29, 1.82) is 0 Å². The maximum absolute atomic E-state index is 12.0. The van der Waals surface area contributed by atoms with Gasteiger partial charge in [0.05, 0.1) is 29.9 Å². The van der Waals surface area contributed by atoms with Gasteiger partial charge in [0, 0.05) is 31.7 Å². The molecule has 2 N–H and O–H groups in total. The molecule has 0 bridgehead atoms. The Morgan fingerprint density at radius 3 is 2.83 bits per heavy atom. The zero-order valence-corrected chi connectivity index (χ0v) is 17.7. The first-order chi connectivity index (χ1) is 14.4. The molecular formula is C20H21Cl2N3O5. The summed E-state index contributed by atoms with van der Waals surface area (Å²) in [7, 11) is 1.29. The number of esters is 1. The fourth-order valence-electron chi connectivity index (χ4n) is 3.35. The molecule has 2 aromatic rings. The molecule has 160 valence electrons. The van der Waals surface area contributed by atoms with Crippen LogP contribution in [0.2, 0.25) is 10.0 Å². The molecule has 1 aliphatic rings. The maximum atomic E-state index is 12.0. The van der Waals surface area contributed by atoms with E-state index in [0.29, 0.717) is 22.4 Å². The van der Waals surface area contributed by atoms with Crippen molar-refractivity contribution in [2.45, 2.75) is 6.10 Å². The molecule has 1 aromatic heterocycles. The predicted octanol–water partition coefficient (Wildman–Crippen LogP) is 3.95. The smallest absolute Gasteiger partial charge is 0.407 e. The second kappa shape index (κ2) is 9.97. The number of ether oxygens (including phenoxy) is 2. The number of amides is 1. The van der Waals surface area contributed by atoms with Crippen molar-refractivity contribution < 1.29 is 24.2 Å². The Kier molecular flexibility index (Phi) is 7.36. The first-order valence-electron chi connectivity index (χ1n) is 9.22. The summed E-state index contributed by atoms with van der Waals surface area (Å²) in [5.74, 6) is -0.451. The van der Waals surface area contributed by atoms with Crippen molar-refractivity contribution in [1.82, 2.24) is 9.88 Å². The maximum Gasteiger partial charge on any atom is 0.407 e. The van der Waals surface area contributed by atoms with E-state index in [1.807, 2.05) is 6.07 Å². The number of carbonyl (C=O) groups excluding carboxylic acids is 1. The molecular weight excluding hydrogens is 433 g/mol. The molecule has 2 atom stereocenters. The molecule has 2 heterocycles. The molecule has 0 saturated carbocycles. The Hall–Kier alpha value is -2.55. The lowest BCUT2D eigenvalue weighted by molar-refractivity contribution is 0.0342. The summed E-state index contributed by atoms with van der Waals surface area (Å²) in [6.07, 6.45) is 0.103. The van der Waals surface area contributed by atoms with Gasteiger partial charge in [0.2, 0.25) is 0 Å². The van der Waals surface area contributed by atoms with Gasteiger partial charge in [0.15, 0.2) is 0 Å². The van der Waals surface area contributed by atoms with Gasteiger partial charge in [-0.05, 0) is 29.8 Å². The number of halogens is 2. The fourth-order valence-corrected chi connectivity index (χ4v) is 3.65. The molecule has 8 nitrogen and oxygen atoms in total. The molecule has 30 heavy (non-hydrogen) atoms. The van der Waals surface area contributed by atoms with Crippen LogP contribution in [0.3, 0.4) is 0 Å². The largest absolute Gasteiger partial charge is 0.465 e. The lowest BCUT2D eigenvalue weighted by Gasteiger charge is -2.27. The van der Waals surface area contributed by atoms with Gasteiger partial charge in [-0.25, -0.2) is 14.6 Å². The molecule has 0 unspecified atom stereocenters. The van der Waals surface area contributed by atoms with Crippen molar-refractivity contribution >= 4 is 41.1 Å². The monoisotopic (exact) mass is 453 g/mol. The Morgan fingerprint density at radius 1 is 1.33 bits per heavy atom. The molecule has 1 aromatic carbocycles. The third kappa shape index (κ3) is 5.13. The van der Waals surface area contributed by atoms with Gasteiger partial charge in [-0.3, -0.25) is 0 Å². The van der Waals surface area contributed by atoms with Crippen LogP contribution in [0.5, 0.6) is 0 Å². The van der Waals surface area contributed by atoms with Gasteiger partial charge < -0.3 is 24.8 Å². The number of hydrogen-bond donors (Lipinski definition) is 2. The van der Waals surface area contributed by atoms with Crippen molar-refractivity contribution in [2.24, 2.45) is 5.92 Å². The van der Waals surface area contributed by atoms with Crippen LogP contribution in [0, 0.1) is 5.92 Å². The van der Waals surface area contributed by atoms with Gasteiger partial charge in [-0.1, -0.05) is 29.3 Å². The van der Waals surface area contributed by atoms with Crippen molar-refractivity contribution in [3.63, 3.8) is 0 Å². The zero-order chi connectivity index (χ0) is 21.7. The van der Waals surface area contributed by atoms with E-state index in [0.717, 1.165) is 5.56 Å². The summed E-state index contributed by atoms with van der Waals surface area (Å²) in [4.78, 5) is 29.1. The minimum Gasteiger partial charge on any atom is -0.465 e. The van der Waals surface area contributed by atoms with Gasteiger partial charge in [-0.2, -0.15) is 0 Å². The van der Waals surface area contributed by atoms with Gasteiger partial charge in [-0.15, -0.1) is 0 Å². The first kappa shape index (κ1) is 22.1. The molecule has 1 fully saturated rings. The lowest BCUT2D eigenvalue weighted by Crippen LogP contribution is -2.37. The summed E-state index contributed by atoms with van der Waals surface area (Å²) >= 11 is 12.2. The molecule has 0 radical (unpaired) electrons. The highest BCUT2D eigenvalue weighted by Gasteiger charge is 2.32. The van der Waals surface area contributed by atoms with Crippen LogP contribution >= 0.6 is 23.2 Å². The second-order valence-corrected chi connectivity index (χ2v) is 7.54. The van der Waals surface area contributed by atoms with Crippen molar-refractivity contribution in [3.8, 4) is 0 Å². The Bertz CT molecular complexity index is 927. The fraction of sp³-hybridized carbons (Fsp3) is 0.350. The molecule has 1 aliphatic heterocycles. The average Bonchev–Trinajstić information content (AvgIpc) is 2.96. The molecule has 0 spiro atoms. The van der Waals surface area contributed by atoms with Gasteiger partial charge in [0.1, 0.15) is 11.4 Å². The SMILES string of the molecule is COC(=O)c1cccnc1NC[C@@H]1CN(C(=O)O)CCO[C@H]1c1ccc(Cl)c(Cl)c1. The molecule has 1 saturated heterocycles. The topological polar surface area (TPSA) is 101 Å². The Morgan fingerprint density at radius 2 is 2.13 bits per heavy atom. The van der Waals surface area contributed by atoms with Crippen molar-refractivity contribution in [2.75, 3.05) is 38.7 Å². The van der Waals surface area contributed by atoms with Gasteiger partial charge >= 0.3 is 12.1 Å². The van der Waals surface area contributed by atoms with Crippen LogP contribution < -0.4 is 5.32 Å². The second-order valence-electron chi connectivity index (χ2n) is 6.73. The molecule has 1 amide bonds. The van der Waals surface area contributed by atoms with E-state index in [1.54, 1.807) is 30.5 Å². The van der Waals surface area contributed by atoms with E-state index >= 15 is 0 Å². The lowest BCUT2D eigenvalue weighted by atomic mass is 9.95. The third-order valence-electron chi connectivity index (χ3n) is 4.83. The number of nitrogens with one attached hydrogen (secondary N) is 1. The predicted molar refractivity (Wildman–Crippen MR) is 112 cm³/mol. The number of aromatic nitrogens is 1. The Labute approximate surface area is 183 Å². The quantitative estimate of drug-likeness (QED) is 0.660. The summed E-state index contributed by atoms with van der Waals surface area (Å²) in [6, 6.07) is 8.45. The highest BCUT2D eigenvalue weighted by Crippen LogP contribution is 2.33. The summed E-state index contributed by atoms with van der Waals surface area (Å²) in [5, 5.41) is 13.4. The molecule has 0 aliphatic carbocycles. The number of methoxy groups -OCH3 is 1. The van der Waals surface area contributed by atoms with Crippen LogP contribution in [0.25, 0.3) is 0 Å². The number of nitrogens with zero attached hydrogens (tertiary/aromatic N) is 2. The van der Waals surface area contributed by atoms with Crippen LogP contribution in [0.1, 0.15) is 22.0 Å². The minimum atomic E-state index is -1.02. The number of carbonyl (C=O) groups is 2. The number of anilines is 1. The average molecular weight is 454 g/mol.